The minimum atomic E-state index is 0.272. The van der Waals surface area contributed by atoms with Gasteiger partial charge in [-0.05, 0) is 25.1 Å². The Labute approximate surface area is 104 Å². The Kier molecular flexibility index (Phi) is 3.56. The second-order valence-electron chi connectivity index (χ2n) is 3.60. The molecule has 0 fully saturated rings. The van der Waals surface area contributed by atoms with Crippen molar-refractivity contribution in [3.63, 3.8) is 0 Å². The minimum absolute atomic E-state index is 0.272. The molecule has 3 nitrogen and oxygen atoms in total. The Hall–Kier alpha value is -0.940. The quantitative estimate of drug-likeness (QED) is 0.845. The van der Waals surface area contributed by atoms with E-state index in [0.29, 0.717) is 0 Å². The van der Waals surface area contributed by atoms with E-state index in [2.05, 4.69) is 28.4 Å². The number of thiazole rings is 1. The number of hydrogen-bond donors (Lipinski definition) is 1. The van der Waals surface area contributed by atoms with Crippen LogP contribution in [0.5, 0.6) is 0 Å². The molecule has 0 aliphatic rings. The molecule has 5 heteroatoms. The Morgan fingerprint density at radius 3 is 2.94 bits per heavy atom. The van der Waals surface area contributed by atoms with Crippen molar-refractivity contribution >= 4 is 23.6 Å². The van der Waals surface area contributed by atoms with Gasteiger partial charge in [0, 0.05) is 23.5 Å². The summed E-state index contributed by atoms with van der Waals surface area (Å²) in [6.07, 6.45) is 5.84. The van der Waals surface area contributed by atoms with Gasteiger partial charge in [-0.1, -0.05) is 13.8 Å². The van der Waals surface area contributed by atoms with E-state index in [1.165, 1.54) is 5.69 Å². The number of aryl methyl sites for hydroxylation is 1. The normalized spacial score (nSPS) is 12.9. The summed E-state index contributed by atoms with van der Waals surface area (Å²) in [5.41, 5.74) is 1.24. The van der Waals surface area contributed by atoms with Gasteiger partial charge in [0.1, 0.15) is 5.01 Å². The number of H-pyrrole nitrogens is 1. The van der Waals surface area contributed by atoms with E-state index in [-0.39, 0.29) is 6.04 Å². The first-order valence-electron chi connectivity index (χ1n) is 5.46. The fraction of sp³-hybridized carbons (Fsp3) is 0.455. The highest BCUT2D eigenvalue weighted by molar-refractivity contribution is 7.71. The van der Waals surface area contributed by atoms with Crippen molar-refractivity contribution in [2.75, 3.05) is 0 Å². The third kappa shape index (κ3) is 1.97. The van der Waals surface area contributed by atoms with Crippen molar-refractivity contribution in [2.24, 2.45) is 0 Å². The summed E-state index contributed by atoms with van der Waals surface area (Å²) in [7, 11) is 0. The van der Waals surface area contributed by atoms with Crippen LogP contribution in [0.25, 0.3) is 0 Å². The van der Waals surface area contributed by atoms with Gasteiger partial charge in [-0.15, -0.1) is 11.3 Å². The molecule has 0 saturated carbocycles. The standard InChI is InChI=1S/C11H15N3S2/c1-3-8-7-13-11(15)14(8)9(4-2)10-12-5-6-16-10/h5-7,9H,3-4H2,1-2H3,(H,13,15). The molecule has 0 aliphatic heterocycles. The summed E-state index contributed by atoms with van der Waals surface area (Å²) in [5.74, 6) is 0. The van der Waals surface area contributed by atoms with E-state index in [4.69, 9.17) is 12.2 Å². The molecule has 16 heavy (non-hydrogen) atoms. The van der Waals surface area contributed by atoms with Crippen molar-refractivity contribution in [3.8, 4) is 0 Å². The molecule has 1 N–H and O–H groups in total. The lowest BCUT2D eigenvalue weighted by Gasteiger charge is -2.16. The second kappa shape index (κ2) is 4.93. The predicted molar refractivity (Wildman–Crippen MR) is 69.5 cm³/mol. The Balaban J connectivity index is 2.48. The smallest absolute Gasteiger partial charge is 0.177 e. The number of aromatic nitrogens is 3. The zero-order chi connectivity index (χ0) is 11.5. The zero-order valence-corrected chi connectivity index (χ0v) is 11.1. The van der Waals surface area contributed by atoms with E-state index in [1.54, 1.807) is 11.3 Å². The summed E-state index contributed by atoms with van der Waals surface area (Å²) in [6, 6.07) is 0.272. The summed E-state index contributed by atoms with van der Waals surface area (Å²) < 4.78 is 2.98. The van der Waals surface area contributed by atoms with Crippen molar-refractivity contribution in [2.45, 2.75) is 32.7 Å². The fourth-order valence-electron chi connectivity index (χ4n) is 1.90. The number of aromatic amines is 1. The van der Waals surface area contributed by atoms with Crippen LogP contribution in [0.2, 0.25) is 0 Å². The van der Waals surface area contributed by atoms with Gasteiger partial charge in [0.2, 0.25) is 0 Å². The van der Waals surface area contributed by atoms with Crippen molar-refractivity contribution in [1.82, 2.24) is 14.5 Å². The Bertz CT molecular complexity index is 496. The SMILES string of the molecule is CCc1c[nH]c(=S)n1C(CC)c1nccs1. The molecule has 2 aromatic rings. The van der Waals surface area contributed by atoms with Crippen molar-refractivity contribution in [3.05, 3.63) is 33.2 Å². The van der Waals surface area contributed by atoms with Crippen LogP contribution >= 0.6 is 23.6 Å². The van der Waals surface area contributed by atoms with Crippen LogP contribution in [0.15, 0.2) is 17.8 Å². The molecule has 0 aliphatic carbocycles. The first-order chi connectivity index (χ1) is 7.77. The minimum Gasteiger partial charge on any atom is -0.337 e. The maximum absolute atomic E-state index is 5.34. The molecular weight excluding hydrogens is 238 g/mol. The van der Waals surface area contributed by atoms with Gasteiger partial charge in [-0.25, -0.2) is 4.98 Å². The Morgan fingerprint density at radius 2 is 2.38 bits per heavy atom. The van der Waals surface area contributed by atoms with Gasteiger partial charge in [-0.2, -0.15) is 0 Å². The molecular formula is C11H15N3S2. The van der Waals surface area contributed by atoms with E-state index < -0.39 is 0 Å². The number of nitrogens with zero attached hydrogens (tertiary/aromatic N) is 2. The zero-order valence-electron chi connectivity index (χ0n) is 9.43. The maximum atomic E-state index is 5.34. The van der Waals surface area contributed by atoms with E-state index in [0.717, 1.165) is 22.6 Å². The third-order valence-corrected chi connectivity index (χ3v) is 3.88. The van der Waals surface area contributed by atoms with Gasteiger partial charge in [0.25, 0.3) is 0 Å². The molecule has 1 unspecified atom stereocenters. The summed E-state index contributed by atoms with van der Waals surface area (Å²) in [6.45, 7) is 4.31. The molecule has 0 aromatic carbocycles. The molecule has 0 bridgehead atoms. The van der Waals surface area contributed by atoms with Gasteiger partial charge in [-0.3, -0.25) is 0 Å². The highest BCUT2D eigenvalue weighted by Crippen LogP contribution is 2.25. The van der Waals surface area contributed by atoms with Gasteiger partial charge in [0.15, 0.2) is 4.77 Å². The van der Waals surface area contributed by atoms with Crippen LogP contribution in [0.3, 0.4) is 0 Å². The lowest BCUT2D eigenvalue weighted by molar-refractivity contribution is 0.539. The number of nitrogens with one attached hydrogen (secondary N) is 1. The van der Waals surface area contributed by atoms with Crippen LogP contribution in [-0.2, 0) is 6.42 Å². The number of hydrogen-bond acceptors (Lipinski definition) is 3. The lowest BCUT2D eigenvalue weighted by Crippen LogP contribution is -2.12. The van der Waals surface area contributed by atoms with Crippen molar-refractivity contribution < 1.29 is 0 Å². The third-order valence-electron chi connectivity index (χ3n) is 2.69. The average Bonchev–Trinajstić information content (AvgIpc) is 2.91. The van der Waals surface area contributed by atoms with Gasteiger partial charge in [0.05, 0.1) is 6.04 Å². The molecule has 0 amide bonds. The van der Waals surface area contributed by atoms with Gasteiger partial charge < -0.3 is 9.55 Å². The molecule has 2 heterocycles. The van der Waals surface area contributed by atoms with E-state index in [9.17, 15) is 0 Å². The summed E-state index contributed by atoms with van der Waals surface area (Å²) >= 11 is 7.03. The van der Waals surface area contributed by atoms with Crippen LogP contribution in [-0.4, -0.2) is 14.5 Å². The summed E-state index contributed by atoms with van der Waals surface area (Å²) in [4.78, 5) is 7.52. The molecule has 0 spiro atoms. The maximum Gasteiger partial charge on any atom is 0.177 e. The van der Waals surface area contributed by atoms with E-state index >= 15 is 0 Å². The largest absolute Gasteiger partial charge is 0.337 e. The lowest BCUT2D eigenvalue weighted by atomic mass is 10.2. The Morgan fingerprint density at radius 1 is 1.56 bits per heavy atom. The van der Waals surface area contributed by atoms with Gasteiger partial charge >= 0.3 is 0 Å². The highest BCUT2D eigenvalue weighted by atomic mass is 32.1. The average molecular weight is 253 g/mol. The highest BCUT2D eigenvalue weighted by Gasteiger charge is 2.17. The molecule has 2 rings (SSSR count). The number of rotatable bonds is 4. The van der Waals surface area contributed by atoms with Crippen LogP contribution in [0, 0.1) is 4.77 Å². The van der Waals surface area contributed by atoms with Crippen LogP contribution < -0.4 is 0 Å². The fourth-order valence-corrected chi connectivity index (χ4v) is 3.01. The molecule has 0 radical (unpaired) electrons. The number of imidazole rings is 1. The molecule has 2 aromatic heterocycles. The van der Waals surface area contributed by atoms with Crippen LogP contribution in [0.4, 0.5) is 0 Å². The molecule has 86 valence electrons. The second-order valence-corrected chi connectivity index (χ2v) is 4.92. The predicted octanol–water partition coefficient (Wildman–Crippen LogP) is 3.56. The topological polar surface area (TPSA) is 33.6 Å². The molecule has 0 saturated heterocycles. The van der Waals surface area contributed by atoms with Crippen LogP contribution in [0.1, 0.15) is 37.0 Å². The van der Waals surface area contributed by atoms with E-state index in [1.807, 2.05) is 17.8 Å². The monoisotopic (exact) mass is 253 g/mol. The first-order valence-corrected chi connectivity index (χ1v) is 6.74. The first kappa shape index (κ1) is 11.5. The molecule has 1 atom stereocenters. The van der Waals surface area contributed by atoms with Crippen molar-refractivity contribution in [1.29, 1.82) is 0 Å². The summed E-state index contributed by atoms with van der Waals surface area (Å²) in [5, 5.41) is 3.15.